The third kappa shape index (κ3) is 6.17. The number of benzene rings is 2. The van der Waals surface area contributed by atoms with Gasteiger partial charge in [0, 0.05) is 25.1 Å². The van der Waals surface area contributed by atoms with Crippen LogP contribution >= 0.6 is 0 Å². The van der Waals surface area contributed by atoms with Crippen LogP contribution in [0.4, 0.5) is 0 Å². The monoisotopic (exact) mass is 421 g/mol. The Morgan fingerprint density at radius 1 is 0.871 bits per heavy atom. The summed E-state index contributed by atoms with van der Waals surface area (Å²) in [5, 5.41) is 5.77. The Bertz CT molecular complexity index is 877. The summed E-state index contributed by atoms with van der Waals surface area (Å²) < 4.78 is 0. The van der Waals surface area contributed by atoms with Crippen LogP contribution in [0.2, 0.25) is 0 Å². The standard InChI is InChI=1S/C25H31N3O3/c1-18(2)22(27-23(29)20-13-7-4-8-14-20)24(30)26-21(17-19-11-5-3-6-12-19)25(31)28-15-9-10-16-28/h3-8,11-14,18,21-22H,9-10,15-17H2,1-2H3,(H,26,30)(H,27,29). The van der Waals surface area contributed by atoms with Crippen LogP contribution in [0.5, 0.6) is 0 Å². The minimum absolute atomic E-state index is 0.0633. The fourth-order valence-corrected chi connectivity index (χ4v) is 3.82. The summed E-state index contributed by atoms with van der Waals surface area (Å²) in [7, 11) is 0. The largest absolute Gasteiger partial charge is 0.342 e. The molecule has 2 aromatic carbocycles. The molecule has 1 fully saturated rings. The number of carbonyl (C=O) groups is 3. The van der Waals surface area contributed by atoms with E-state index in [2.05, 4.69) is 10.6 Å². The van der Waals surface area contributed by atoms with Crippen molar-refractivity contribution in [3.05, 3.63) is 71.8 Å². The van der Waals surface area contributed by atoms with Gasteiger partial charge in [0.25, 0.3) is 5.91 Å². The van der Waals surface area contributed by atoms with E-state index in [4.69, 9.17) is 0 Å². The Labute approximate surface area is 184 Å². The second-order valence-electron chi connectivity index (χ2n) is 8.34. The van der Waals surface area contributed by atoms with Crippen LogP contribution in [-0.2, 0) is 16.0 Å². The molecule has 1 aliphatic heterocycles. The minimum atomic E-state index is -0.739. The molecule has 0 saturated carbocycles. The lowest BCUT2D eigenvalue weighted by molar-refractivity contribution is -0.136. The number of rotatable bonds is 8. The molecule has 0 bridgehead atoms. The zero-order chi connectivity index (χ0) is 22.2. The zero-order valence-electron chi connectivity index (χ0n) is 18.2. The van der Waals surface area contributed by atoms with Crippen LogP contribution in [0.15, 0.2) is 60.7 Å². The van der Waals surface area contributed by atoms with Crippen LogP contribution in [0, 0.1) is 5.92 Å². The van der Waals surface area contributed by atoms with Gasteiger partial charge in [0.2, 0.25) is 11.8 Å². The molecule has 0 aliphatic carbocycles. The summed E-state index contributed by atoms with van der Waals surface area (Å²) in [5.41, 5.74) is 1.48. The van der Waals surface area contributed by atoms with Gasteiger partial charge < -0.3 is 15.5 Å². The average molecular weight is 422 g/mol. The van der Waals surface area contributed by atoms with E-state index >= 15 is 0 Å². The normalized spacial score (nSPS) is 15.4. The van der Waals surface area contributed by atoms with Crippen molar-refractivity contribution in [1.82, 2.24) is 15.5 Å². The first-order chi connectivity index (χ1) is 15.0. The summed E-state index contributed by atoms with van der Waals surface area (Å²) in [6, 6.07) is 17.1. The highest BCUT2D eigenvalue weighted by molar-refractivity contribution is 5.98. The number of likely N-dealkylation sites (tertiary alicyclic amines) is 1. The number of nitrogens with one attached hydrogen (secondary N) is 2. The van der Waals surface area contributed by atoms with Crippen molar-refractivity contribution in [3.63, 3.8) is 0 Å². The molecule has 0 spiro atoms. The molecule has 6 nitrogen and oxygen atoms in total. The van der Waals surface area contributed by atoms with Gasteiger partial charge in [-0.25, -0.2) is 0 Å². The van der Waals surface area contributed by atoms with Crippen LogP contribution in [0.1, 0.15) is 42.6 Å². The van der Waals surface area contributed by atoms with Gasteiger partial charge in [-0.1, -0.05) is 62.4 Å². The maximum Gasteiger partial charge on any atom is 0.251 e. The van der Waals surface area contributed by atoms with E-state index < -0.39 is 12.1 Å². The number of carbonyl (C=O) groups excluding carboxylic acids is 3. The third-order valence-electron chi connectivity index (χ3n) is 5.59. The first-order valence-corrected chi connectivity index (χ1v) is 10.9. The van der Waals surface area contributed by atoms with Crippen molar-refractivity contribution < 1.29 is 14.4 Å². The highest BCUT2D eigenvalue weighted by Crippen LogP contribution is 2.13. The van der Waals surface area contributed by atoms with Crippen molar-refractivity contribution in [2.45, 2.75) is 45.2 Å². The van der Waals surface area contributed by atoms with E-state index in [0.29, 0.717) is 12.0 Å². The number of hydrogen-bond donors (Lipinski definition) is 2. The van der Waals surface area contributed by atoms with E-state index in [1.165, 1.54) is 0 Å². The van der Waals surface area contributed by atoms with Crippen molar-refractivity contribution in [2.75, 3.05) is 13.1 Å². The Hall–Kier alpha value is -3.15. The summed E-state index contributed by atoms with van der Waals surface area (Å²) in [6.45, 7) is 5.20. The highest BCUT2D eigenvalue weighted by atomic mass is 16.2. The van der Waals surface area contributed by atoms with Gasteiger partial charge in [-0.15, -0.1) is 0 Å². The van der Waals surface area contributed by atoms with Gasteiger partial charge in [0.1, 0.15) is 12.1 Å². The van der Waals surface area contributed by atoms with Gasteiger partial charge in [0.05, 0.1) is 0 Å². The van der Waals surface area contributed by atoms with Gasteiger partial charge in [-0.3, -0.25) is 14.4 Å². The minimum Gasteiger partial charge on any atom is -0.342 e. The molecule has 2 atom stereocenters. The summed E-state index contributed by atoms with van der Waals surface area (Å²) >= 11 is 0. The molecule has 6 heteroatoms. The van der Waals surface area contributed by atoms with E-state index in [-0.39, 0.29) is 23.6 Å². The molecule has 2 N–H and O–H groups in total. The van der Waals surface area contributed by atoms with E-state index in [0.717, 1.165) is 31.5 Å². The summed E-state index contributed by atoms with van der Waals surface area (Å²) in [6.07, 6.45) is 2.39. The van der Waals surface area contributed by atoms with Crippen LogP contribution in [0.25, 0.3) is 0 Å². The molecule has 164 valence electrons. The number of amides is 3. The van der Waals surface area contributed by atoms with Crippen molar-refractivity contribution in [2.24, 2.45) is 5.92 Å². The summed E-state index contributed by atoms with van der Waals surface area (Å²) in [5.74, 6) is -0.841. The van der Waals surface area contributed by atoms with Crippen molar-refractivity contribution in [3.8, 4) is 0 Å². The van der Waals surface area contributed by atoms with Gasteiger partial charge in [0.15, 0.2) is 0 Å². The van der Waals surface area contributed by atoms with Crippen molar-refractivity contribution in [1.29, 1.82) is 0 Å². The molecule has 3 rings (SSSR count). The molecule has 2 unspecified atom stereocenters. The quantitative estimate of drug-likeness (QED) is 0.688. The molecule has 2 aromatic rings. The average Bonchev–Trinajstić information content (AvgIpc) is 3.32. The number of hydrogen-bond acceptors (Lipinski definition) is 3. The maximum absolute atomic E-state index is 13.2. The fraction of sp³-hybridized carbons (Fsp3) is 0.400. The summed E-state index contributed by atoms with van der Waals surface area (Å²) in [4.78, 5) is 40.8. The Kier molecular flexibility index (Phi) is 7.82. The van der Waals surface area contributed by atoms with Crippen LogP contribution < -0.4 is 10.6 Å². The third-order valence-corrected chi connectivity index (χ3v) is 5.59. The lowest BCUT2D eigenvalue weighted by Crippen LogP contribution is -2.56. The van der Waals surface area contributed by atoms with E-state index in [1.807, 2.05) is 55.1 Å². The van der Waals surface area contributed by atoms with Gasteiger partial charge >= 0.3 is 0 Å². The second kappa shape index (κ2) is 10.8. The molecule has 0 aromatic heterocycles. The van der Waals surface area contributed by atoms with Gasteiger partial charge in [-0.05, 0) is 36.5 Å². The number of nitrogens with zero attached hydrogens (tertiary/aromatic N) is 1. The maximum atomic E-state index is 13.2. The molecule has 1 heterocycles. The van der Waals surface area contributed by atoms with Crippen molar-refractivity contribution >= 4 is 17.7 Å². The SMILES string of the molecule is CC(C)C(NC(=O)c1ccccc1)C(=O)NC(Cc1ccccc1)C(=O)N1CCCC1. The molecular formula is C25H31N3O3. The molecule has 0 radical (unpaired) electrons. The van der Waals surface area contributed by atoms with E-state index in [9.17, 15) is 14.4 Å². The predicted octanol–water partition coefficient (Wildman–Crippen LogP) is 2.79. The lowest BCUT2D eigenvalue weighted by atomic mass is 10.0. The molecule has 31 heavy (non-hydrogen) atoms. The van der Waals surface area contributed by atoms with Crippen LogP contribution in [-0.4, -0.2) is 47.8 Å². The predicted molar refractivity (Wildman–Crippen MR) is 120 cm³/mol. The van der Waals surface area contributed by atoms with Gasteiger partial charge in [-0.2, -0.15) is 0 Å². The topological polar surface area (TPSA) is 78.5 Å². The second-order valence-corrected chi connectivity index (χ2v) is 8.34. The lowest BCUT2D eigenvalue weighted by Gasteiger charge is -2.28. The highest BCUT2D eigenvalue weighted by Gasteiger charge is 2.32. The molecule has 1 saturated heterocycles. The molecule has 1 aliphatic rings. The van der Waals surface area contributed by atoms with E-state index in [1.54, 1.807) is 24.3 Å². The molecular weight excluding hydrogens is 390 g/mol. The Morgan fingerprint density at radius 2 is 1.45 bits per heavy atom. The Balaban J connectivity index is 1.74. The fourth-order valence-electron chi connectivity index (χ4n) is 3.82. The first kappa shape index (κ1) is 22.5. The van der Waals surface area contributed by atoms with Crippen LogP contribution in [0.3, 0.4) is 0 Å². The smallest absolute Gasteiger partial charge is 0.251 e. The first-order valence-electron chi connectivity index (χ1n) is 10.9. The Morgan fingerprint density at radius 3 is 2.03 bits per heavy atom. The zero-order valence-corrected chi connectivity index (χ0v) is 18.2. The molecule has 3 amide bonds.